The Balaban J connectivity index is 1.32. The largest absolute Gasteiger partial charge is 0.508 e. The maximum atomic E-state index is 14.0. The summed E-state index contributed by atoms with van der Waals surface area (Å²) >= 11 is 0. The SMILES string of the molecule is CC1O[C@@H](OCC2O[C@@H](Oc3c(-c4ccc(O)cc4)oc4cc(O[C@@H]5OC(C(=O)O)[C@@H](O)[C@H](O)C5O)cc(O)c4c3=O)C(O)C(O)[C@@H]2O)C(O)[C@@H](O)[C@H]1O. The minimum Gasteiger partial charge on any atom is -0.508 e. The summed E-state index contributed by atoms with van der Waals surface area (Å²) in [4.78, 5) is 25.6. The summed E-state index contributed by atoms with van der Waals surface area (Å²) in [5.74, 6) is -4.18. The van der Waals surface area contributed by atoms with Crippen LogP contribution < -0.4 is 14.9 Å². The molecule has 0 spiro atoms. The first-order valence-corrected chi connectivity index (χ1v) is 16.4. The number of benzene rings is 2. The third-order valence-electron chi connectivity index (χ3n) is 9.24. The van der Waals surface area contributed by atoms with Crippen LogP contribution in [0.5, 0.6) is 23.0 Å². The van der Waals surface area contributed by atoms with E-state index < -0.39 is 138 Å². The first-order chi connectivity index (χ1) is 25.5. The van der Waals surface area contributed by atoms with Crippen molar-refractivity contribution >= 4 is 16.9 Å². The van der Waals surface area contributed by atoms with Gasteiger partial charge in [-0.25, -0.2) is 4.79 Å². The summed E-state index contributed by atoms with van der Waals surface area (Å²) in [6.45, 7) is 0.757. The van der Waals surface area contributed by atoms with E-state index in [0.717, 1.165) is 12.1 Å². The van der Waals surface area contributed by atoms with Crippen LogP contribution in [0.2, 0.25) is 0 Å². The lowest BCUT2D eigenvalue weighted by Crippen LogP contribution is -2.61. The molecule has 0 amide bonds. The third kappa shape index (κ3) is 7.42. The summed E-state index contributed by atoms with van der Waals surface area (Å²) in [6.07, 6.45) is -26.5. The van der Waals surface area contributed by atoms with E-state index in [0.29, 0.717) is 0 Å². The number of phenols is 2. The fraction of sp³-hybridized carbons (Fsp3) is 0.515. The van der Waals surface area contributed by atoms with Gasteiger partial charge in [0.2, 0.25) is 23.8 Å². The van der Waals surface area contributed by atoms with Crippen LogP contribution in [-0.2, 0) is 23.7 Å². The normalized spacial score (nSPS) is 37.2. The van der Waals surface area contributed by atoms with Gasteiger partial charge in [-0.3, -0.25) is 4.79 Å². The predicted molar refractivity (Wildman–Crippen MR) is 172 cm³/mol. The summed E-state index contributed by atoms with van der Waals surface area (Å²) in [5, 5.41) is 123. The number of ether oxygens (including phenoxy) is 6. The third-order valence-corrected chi connectivity index (χ3v) is 9.24. The smallest absolute Gasteiger partial charge is 0.335 e. The van der Waals surface area contributed by atoms with Crippen molar-refractivity contribution in [1.29, 1.82) is 0 Å². The van der Waals surface area contributed by atoms with Crippen molar-refractivity contribution in [3.8, 4) is 34.3 Å². The highest BCUT2D eigenvalue weighted by Crippen LogP contribution is 2.39. The molecule has 7 unspecified atom stereocenters. The fourth-order valence-corrected chi connectivity index (χ4v) is 6.13. The zero-order valence-electron chi connectivity index (χ0n) is 27.9. The van der Waals surface area contributed by atoms with Crippen molar-refractivity contribution in [1.82, 2.24) is 0 Å². The number of carboxylic acids is 1. The van der Waals surface area contributed by atoms with Crippen LogP contribution in [0.1, 0.15) is 6.92 Å². The first-order valence-electron chi connectivity index (χ1n) is 16.4. The number of carboxylic acid groups (broad SMARTS) is 1. The van der Waals surface area contributed by atoms with Crippen LogP contribution in [0.4, 0.5) is 0 Å². The number of hydrogen-bond acceptors (Lipinski definition) is 20. The molecule has 3 fully saturated rings. The van der Waals surface area contributed by atoms with E-state index in [1.807, 2.05) is 0 Å². The van der Waals surface area contributed by atoms with Crippen LogP contribution in [0.25, 0.3) is 22.3 Å². The standard InChI is InChI=1S/C33H38O21/c1-9-17(36)20(39)24(43)31(49-9)48-8-15-18(37)21(40)25(44)33(52-15)53-28-19(38)16-13(35)6-12(7-14(16)51-27(28)10-2-4-11(34)5-3-10)50-32-26(45)22(41)23(42)29(54-32)30(46)47/h2-7,9,15,17-18,20-26,29,31-37,39-45H,8H2,1H3,(H,46,47)/t9?,15?,17-,18+,20-,21?,22-,23-,24?,25?,26?,29?,31+,32+,33-/m0/s1. The first kappa shape index (κ1) is 39.5. The van der Waals surface area contributed by atoms with Gasteiger partial charge in [0.05, 0.1) is 12.7 Å². The van der Waals surface area contributed by atoms with E-state index >= 15 is 0 Å². The maximum absolute atomic E-state index is 14.0. The fourth-order valence-electron chi connectivity index (χ4n) is 6.13. The van der Waals surface area contributed by atoms with Crippen LogP contribution >= 0.6 is 0 Å². The van der Waals surface area contributed by atoms with Gasteiger partial charge in [0.15, 0.2) is 18.2 Å². The molecule has 0 bridgehead atoms. The summed E-state index contributed by atoms with van der Waals surface area (Å²) < 4.78 is 38.9. The summed E-state index contributed by atoms with van der Waals surface area (Å²) in [5.41, 5.74) is -1.42. The Morgan fingerprint density at radius 3 is 1.94 bits per heavy atom. The van der Waals surface area contributed by atoms with Crippen molar-refractivity contribution in [2.45, 2.75) is 99.0 Å². The van der Waals surface area contributed by atoms with Gasteiger partial charge in [0, 0.05) is 17.7 Å². The van der Waals surface area contributed by atoms with Gasteiger partial charge in [0.25, 0.3) is 0 Å². The van der Waals surface area contributed by atoms with E-state index in [1.165, 1.54) is 31.2 Å². The molecule has 0 aliphatic carbocycles. The average Bonchev–Trinajstić information content (AvgIpc) is 3.13. The Labute approximate surface area is 302 Å². The number of hydrogen-bond donors (Lipinski definition) is 12. The van der Waals surface area contributed by atoms with Crippen molar-refractivity contribution in [3.05, 3.63) is 46.6 Å². The quantitative estimate of drug-likeness (QED) is 0.0991. The van der Waals surface area contributed by atoms with E-state index in [2.05, 4.69) is 0 Å². The number of aliphatic hydroxyl groups excluding tert-OH is 9. The molecule has 21 heteroatoms. The molecule has 296 valence electrons. The molecule has 3 aromatic rings. The number of aliphatic carboxylic acids is 1. The Bertz CT molecular complexity index is 1870. The molecule has 0 saturated carbocycles. The lowest BCUT2D eigenvalue weighted by molar-refractivity contribution is -0.318. The molecule has 12 N–H and O–H groups in total. The Morgan fingerprint density at radius 1 is 0.704 bits per heavy atom. The van der Waals surface area contributed by atoms with Gasteiger partial charge < -0.3 is 94.1 Å². The molecular formula is C33H38O21. The second-order valence-electron chi connectivity index (χ2n) is 13.0. The molecule has 21 nitrogen and oxygen atoms in total. The van der Waals surface area contributed by atoms with Gasteiger partial charge in [-0.05, 0) is 31.2 Å². The van der Waals surface area contributed by atoms with Crippen LogP contribution in [0.3, 0.4) is 0 Å². The minimum absolute atomic E-state index is 0.0733. The second kappa shape index (κ2) is 15.5. The van der Waals surface area contributed by atoms with E-state index in [4.69, 9.17) is 32.8 Å². The second-order valence-corrected chi connectivity index (χ2v) is 13.0. The molecule has 54 heavy (non-hydrogen) atoms. The molecule has 15 atom stereocenters. The van der Waals surface area contributed by atoms with Gasteiger partial charge in [0.1, 0.15) is 89.3 Å². The van der Waals surface area contributed by atoms with Gasteiger partial charge in [-0.15, -0.1) is 0 Å². The van der Waals surface area contributed by atoms with Crippen LogP contribution in [-0.4, -0.2) is 166 Å². The number of rotatable bonds is 9. The molecule has 1 aromatic heterocycles. The summed E-state index contributed by atoms with van der Waals surface area (Å²) in [6, 6.07) is 6.92. The van der Waals surface area contributed by atoms with Gasteiger partial charge >= 0.3 is 5.97 Å². The lowest BCUT2D eigenvalue weighted by Gasteiger charge is -2.42. The Kier molecular flexibility index (Phi) is 11.3. The topological polar surface area (TPSA) is 345 Å². The highest BCUT2D eigenvalue weighted by atomic mass is 16.7. The zero-order valence-corrected chi connectivity index (χ0v) is 27.9. The van der Waals surface area contributed by atoms with Crippen LogP contribution in [0, 0.1) is 0 Å². The van der Waals surface area contributed by atoms with Crippen molar-refractivity contribution < 1.29 is 98.9 Å². The van der Waals surface area contributed by atoms with E-state index in [9.17, 15) is 70.9 Å². The zero-order chi connectivity index (χ0) is 39.3. The number of phenolic OH excluding ortho intramolecular Hbond substituents is 2. The lowest BCUT2D eigenvalue weighted by atomic mass is 9.98. The number of fused-ring (bicyclic) bond motifs is 1. The molecule has 0 radical (unpaired) electrons. The molecule has 6 rings (SSSR count). The predicted octanol–water partition coefficient (Wildman–Crippen LogP) is -3.83. The van der Waals surface area contributed by atoms with Gasteiger partial charge in [-0.1, -0.05) is 0 Å². The summed E-state index contributed by atoms with van der Waals surface area (Å²) in [7, 11) is 0. The van der Waals surface area contributed by atoms with E-state index in [-0.39, 0.29) is 17.1 Å². The number of carbonyl (C=O) groups is 1. The minimum atomic E-state index is -2.03. The van der Waals surface area contributed by atoms with Crippen molar-refractivity contribution in [2.75, 3.05) is 6.61 Å². The van der Waals surface area contributed by atoms with Crippen LogP contribution in [0.15, 0.2) is 45.6 Å². The molecule has 4 heterocycles. The number of aromatic hydroxyl groups is 2. The average molecular weight is 771 g/mol. The molecule has 3 aliphatic rings. The highest BCUT2D eigenvalue weighted by Gasteiger charge is 2.49. The monoisotopic (exact) mass is 770 g/mol. The Hall–Kier alpha value is -4.20. The van der Waals surface area contributed by atoms with E-state index in [1.54, 1.807) is 0 Å². The molecule has 2 aromatic carbocycles. The van der Waals surface area contributed by atoms with Gasteiger partial charge in [-0.2, -0.15) is 0 Å². The number of aliphatic hydroxyl groups is 9. The molecule has 3 aliphatic heterocycles. The van der Waals surface area contributed by atoms with Crippen molar-refractivity contribution in [3.63, 3.8) is 0 Å². The molecular weight excluding hydrogens is 732 g/mol. The van der Waals surface area contributed by atoms with Crippen molar-refractivity contribution in [2.24, 2.45) is 0 Å². The molecule has 3 saturated heterocycles. The maximum Gasteiger partial charge on any atom is 0.335 e. The Morgan fingerprint density at radius 2 is 1.30 bits per heavy atom. The highest BCUT2D eigenvalue weighted by molar-refractivity contribution is 5.88.